The fourth-order valence-electron chi connectivity index (χ4n) is 4.87. The van der Waals surface area contributed by atoms with Gasteiger partial charge >= 0.3 is 0 Å². The number of piperidine rings is 1. The van der Waals surface area contributed by atoms with E-state index in [0.717, 1.165) is 11.8 Å². The van der Waals surface area contributed by atoms with Crippen LogP contribution in [0.15, 0.2) is 18.2 Å². The van der Waals surface area contributed by atoms with Crippen LogP contribution < -0.4 is 0 Å². The largest absolute Gasteiger partial charge is 0.508 e. The molecule has 1 aromatic carbocycles. The first-order chi connectivity index (χ1) is 10.1. The zero-order chi connectivity index (χ0) is 14.6. The maximum atomic E-state index is 9.89. The number of fused-ring (bicyclic) bond motifs is 2. The van der Waals surface area contributed by atoms with Gasteiger partial charge in [-0.3, -0.25) is 4.90 Å². The van der Waals surface area contributed by atoms with Gasteiger partial charge in [0.25, 0.3) is 0 Å². The summed E-state index contributed by atoms with van der Waals surface area (Å²) >= 11 is 0. The summed E-state index contributed by atoms with van der Waals surface area (Å²) in [5.74, 6) is 2.14. The van der Waals surface area contributed by atoms with Gasteiger partial charge in [0.05, 0.1) is 0 Å². The molecule has 2 fully saturated rings. The zero-order valence-corrected chi connectivity index (χ0v) is 13.3. The minimum Gasteiger partial charge on any atom is -0.508 e. The van der Waals surface area contributed by atoms with Crippen LogP contribution in [0.25, 0.3) is 0 Å². The van der Waals surface area contributed by atoms with Crippen LogP contribution >= 0.6 is 0 Å². The Morgan fingerprint density at radius 2 is 2.05 bits per heavy atom. The van der Waals surface area contributed by atoms with Crippen molar-refractivity contribution >= 4 is 0 Å². The van der Waals surface area contributed by atoms with Gasteiger partial charge in [0.15, 0.2) is 0 Å². The molecule has 21 heavy (non-hydrogen) atoms. The molecule has 4 rings (SSSR count). The Morgan fingerprint density at radius 3 is 2.81 bits per heavy atom. The van der Waals surface area contributed by atoms with Gasteiger partial charge in [0.2, 0.25) is 0 Å². The van der Waals surface area contributed by atoms with Gasteiger partial charge in [-0.05, 0) is 79.2 Å². The molecule has 0 spiro atoms. The summed E-state index contributed by atoms with van der Waals surface area (Å²) in [6.07, 6.45) is 6.75. The van der Waals surface area contributed by atoms with Gasteiger partial charge in [-0.2, -0.15) is 0 Å². The summed E-state index contributed by atoms with van der Waals surface area (Å²) < 4.78 is 0. The van der Waals surface area contributed by atoms with Crippen LogP contribution in [0.1, 0.15) is 50.7 Å². The van der Waals surface area contributed by atoms with Crippen LogP contribution in [0.3, 0.4) is 0 Å². The monoisotopic (exact) mass is 285 g/mol. The molecular formula is C19H27NO. The number of likely N-dealkylation sites (tertiary alicyclic amines) is 1. The van der Waals surface area contributed by atoms with E-state index in [-0.39, 0.29) is 5.41 Å². The molecule has 2 aliphatic carbocycles. The molecule has 1 aliphatic heterocycles. The van der Waals surface area contributed by atoms with E-state index in [1.165, 1.54) is 56.3 Å². The van der Waals surface area contributed by atoms with Crippen molar-refractivity contribution in [3.63, 3.8) is 0 Å². The quantitative estimate of drug-likeness (QED) is 0.895. The fourth-order valence-corrected chi connectivity index (χ4v) is 4.87. The Kier molecular flexibility index (Phi) is 3.08. The fraction of sp³-hybridized carbons (Fsp3) is 0.684. The van der Waals surface area contributed by atoms with Gasteiger partial charge in [0, 0.05) is 12.6 Å². The van der Waals surface area contributed by atoms with Crippen LogP contribution in [0.4, 0.5) is 0 Å². The summed E-state index contributed by atoms with van der Waals surface area (Å²) in [6, 6.07) is 6.76. The average Bonchev–Trinajstić information content (AvgIpc) is 3.25. The smallest absolute Gasteiger partial charge is 0.115 e. The molecule has 0 amide bonds. The molecule has 2 nitrogen and oxygen atoms in total. The SMILES string of the molecule is CC1(C)c2cc(O)ccc2C[C@@H]2[C@@H]1CCCN2CC1CC1. The Morgan fingerprint density at radius 1 is 1.24 bits per heavy atom. The summed E-state index contributed by atoms with van der Waals surface area (Å²) in [4.78, 5) is 2.80. The average molecular weight is 285 g/mol. The molecule has 114 valence electrons. The van der Waals surface area contributed by atoms with Crippen LogP contribution in [0.2, 0.25) is 0 Å². The number of benzene rings is 1. The number of hydrogen-bond donors (Lipinski definition) is 1. The highest BCUT2D eigenvalue weighted by molar-refractivity contribution is 5.43. The number of hydrogen-bond acceptors (Lipinski definition) is 2. The third-order valence-electron chi connectivity index (χ3n) is 6.23. The molecule has 2 atom stereocenters. The lowest BCUT2D eigenvalue weighted by Gasteiger charge is -2.52. The van der Waals surface area contributed by atoms with Gasteiger partial charge in [0.1, 0.15) is 5.75 Å². The van der Waals surface area contributed by atoms with Crippen molar-refractivity contribution in [1.82, 2.24) is 4.90 Å². The predicted molar refractivity (Wildman–Crippen MR) is 85.6 cm³/mol. The number of phenols is 1. The van der Waals surface area contributed by atoms with Crippen molar-refractivity contribution in [2.24, 2.45) is 11.8 Å². The van der Waals surface area contributed by atoms with Crippen LogP contribution in [0, 0.1) is 11.8 Å². The number of phenolic OH excluding ortho intramolecular Hbond substituents is 1. The molecule has 1 saturated heterocycles. The Bertz CT molecular complexity index is 546. The van der Waals surface area contributed by atoms with Crippen molar-refractivity contribution < 1.29 is 5.11 Å². The molecule has 0 radical (unpaired) electrons. The van der Waals surface area contributed by atoms with Gasteiger partial charge in [-0.25, -0.2) is 0 Å². The topological polar surface area (TPSA) is 23.5 Å². The van der Waals surface area contributed by atoms with Crippen molar-refractivity contribution in [2.45, 2.75) is 57.4 Å². The second-order valence-corrected chi connectivity index (χ2v) is 8.02. The van der Waals surface area contributed by atoms with E-state index in [1.54, 1.807) is 0 Å². The van der Waals surface area contributed by atoms with Crippen LogP contribution in [-0.4, -0.2) is 29.1 Å². The normalized spacial score (nSPS) is 31.5. The van der Waals surface area contributed by atoms with Gasteiger partial charge in [-0.15, -0.1) is 0 Å². The molecule has 1 aromatic rings. The molecule has 0 bridgehead atoms. The van der Waals surface area contributed by atoms with E-state index in [0.29, 0.717) is 11.8 Å². The molecule has 1 saturated carbocycles. The predicted octanol–water partition coefficient (Wildman–Crippen LogP) is 3.72. The zero-order valence-electron chi connectivity index (χ0n) is 13.3. The summed E-state index contributed by atoms with van der Waals surface area (Å²) in [7, 11) is 0. The van der Waals surface area contributed by atoms with E-state index in [9.17, 15) is 5.11 Å². The maximum absolute atomic E-state index is 9.89. The van der Waals surface area contributed by atoms with Crippen molar-refractivity contribution in [2.75, 3.05) is 13.1 Å². The number of aromatic hydroxyl groups is 1. The van der Waals surface area contributed by atoms with Crippen LogP contribution in [0.5, 0.6) is 5.75 Å². The third kappa shape index (κ3) is 2.28. The number of rotatable bonds is 2. The summed E-state index contributed by atoms with van der Waals surface area (Å²) in [5.41, 5.74) is 3.03. The standard InChI is InChI=1S/C19H27NO/c1-19(2)16-4-3-9-20(12-13-5-6-13)18(16)10-14-7-8-15(21)11-17(14)19/h7-8,11,13,16,18,21H,3-6,9-10,12H2,1-2H3/t16-,18+/m0/s1. The summed E-state index contributed by atoms with van der Waals surface area (Å²) in [5, 5.41) is 9.89. The molecule has 2 heteroatoms. The first-order valence-electron chi connectivity index (χ1n) is 8.62. The van der Waals surface area contributed by atoms with E-state index >= 15 is 0 Å². The van der Waals surface area contributed by atoms with Crippen molar-refractivity contribution in [3.05, 3.63) is 29.3 Å². The molecule has 1 heterocycles. The Labute approximate surface area is 128 Å². The lowest BCUT2D eigenvalue weighted by atomic mass is 9.60. The molecular weight excluding hydrogens is 258 g/mol. The van der Waals surface area contributed by atoms with E-state index in [1.807, 2.05) is 12.1 Å². The minimum atomic E-state index is 0.180. The van der Waals surface area contributed by atoms with E-state index < -0.39 is 0 Å². The molecule has 1 N–H and O–H groups in total. The first-order valence-corrected chi connectivity index (χ1v) is 8.62. The lowest BCUT2D eigenvalue weighted by molar-refractivity contribution is 0.0408. The second kappa shape index (κ2) is 4.74. The highest BCUT2D eigenvalue weighted by atomic mass is 16.3. The molecule has 3 aliphatic rings. The van der Waals surface area contributed by atoms with Crippen molar-refractivity contribution in [3.8, 4) is 5.75 Å². The lowest BCUT2D eigenvalue weighted by Crippen LogP contribution is -2.55. The van der Waals surface area contributed by atoms with E-state index in [4.69, 9.17) is 0 Å². The molecule has 0 unspecified atom stereocenters. The minimum absolute atomic E-state index is 0.180. The second-order valence-electron chi connectivity index (χ2n) is 8.02. The van der Waals surface area contributed by atoms with E-state index in [2.05, 4.69) is 24.8 Å². The first kappa shape index (κ1) is 13.6. The highest BCUT2D eigenvalue weighted by Crippen LogP contribution is 2.48. The Balaban J connectivity index is 1.70. The highest BCUT2D eigenvalue weighted by Gasteiger charge is 2.46. The van der Waals surface area contributed by atoms with Crippen LogP contribution in [-0.2, 0) is 11.8 Å². The Hall–Kier alpha value is -1.02. The third-order valence-corrected chi connectivity index (χ3v) is 6.23. The summed E-state index contributed by atoms with van der Waals surface area (Å²) in [6.45, 7) is 7.40. The molecule has 0 aromatic heterocycles. The number of nitrogens with zero attached hydrogens (tertiary/aromatic N) is 1. The van der Waals surface area contributed by atoms with Crippen molar-refractivity contribution in [1.29, 1.82) is 0 Å². The maximum Gasteiger partial charge on any atom is 0.115 e. The van der Waals surface area contributed by atoms with Gasteiger partial charge < -0.3 is 5.11 Å². The van der Waals surface area contributed by atoms with Gasteiger partial charge in [-0.1, -0.05) is 19.9 Å².